The van der Waals surface area contributed by atoms with Crippen LogP contribution < -0.4 is 16.0 Å². The molecule has 0 aliphatic rings. The molecule has 0 bridgehead atoms. The SMILES string of the molecule is CC(C)Nc1nc(Nc2ccccc2)nc(Nc2ccc3ncccc3c2)n1. The Kier molecular flexibility index (Phi) is 4.97. The fourth-order valence-electron chi connectivity index (χ4n) is 2.74. The summed E-state index contributed by atoms with van der Waals surface area (Å²) in [7, 11) is 0. The van der Waals surface area contributed by atoms with Crippen molar-refractivity contribution in [1.29, 1.82) is 0 Å². The topological polar surface area (TPSA) is 87.7 Å². The van der Waals surface area contributed by atoms with E-state index in [-0.39, 0.29) is 6.04 Å². The average molecular weight is 371 g/mol. The van der Waals surface area contributed by atoms with Gasteiger partial charge in [-0.15, -0.1) is 0 Å². The molecule has 140 valence electrons. The van der Waals surface area contributed by atoms with Crippen molar-refractivity contribution >= 4 is 40.1 Å². The second kappa shape index (κ2) is 7.87. The van der Waals surface area contributed by atoms with Gasteiger partial charge in [0.15, 0.2) is 0 Å². The van der Waals surface area contributed by atoms with Gasteiger partial charge in [-0.05, 0) is 50.2 Å². The molecule has 0 radical (unpaired) electrons. The van der Waals surface area contributed by atoms with E-state index in [9.17, 15) is 0 Å². The molecule has 0 saturated carbocycles. The van der Waals surface area contributed by atoms with Gasteiger partial charge in [0.2, 0.25) is 17.8 Å². The zero-order valence-corrected chi connectivity index (χ0v) is 15.7. The van der Waals surface area contributed by atoms with Crippen molar-refractivity contribution in [1.82, 2.24) is 19.9 Å². The fraction of sp³-hybridized carbons (Fsp3) is 0.143. The lowest BCUT2D eigenvalue weighted by atomic mass is 10.2. The molecule has 0 unspecified atom stereocenters. The van der Waals surface area contributed by atoms with Crippen molar-refractivity contribution in [2.45, 2.75) is 19.9 Å². The number of rotatable bonds is 6. The maximum absolute atomic E-state index is 4.51. The summed E-state index contributed by atoms with van der Waals surface area (Å²) in [6.45, 7) is 4.08. The van der Waals surface area contributed by atoms with Crippen LogP contribution in [-0.4, -0.2) is 26.0 Å². The predicted molar refractivity (Wildman–Crippen MR) is 113 cm³/mol. The average Bonchev–Trinajstić information content (AvgIpc) is 2.68. The zero-order chi connectivity index (χ0) is 19.3. The summed E-state index contributed by atoms with van der Waals surface area (Å²) in [6, 6.07) is 19.9. The van der Waals surface area contributed by atoms with Crippen molar-refractivity contribution in [2.75, 3.05) is 16.0 Å². The summed E-state index contributed by atoms with van der Waals surface area (Å²) in [5, 5.41) is 10.8. The van der Waals surface area contributed by atoms with Crippen molar-refractivity contribution in [3.63, 3.8) is 0 Å². The highest BCUT2D eigenvalue weighted by molar-refractivity contribution is 5.82. The van der Waals surface area contributed by atoms with E-state index < -0.39 is 0 Å². The first-order valence-corrected chi connectivity index (χ1v) is 9.12. The lowest BCUT2D eigenvalue weighted by Gasteiger charge is -2.13. The molecule has 0 fully saturated rings. The Labute approximate surface area is 163 Å². The van der Waals surface area contributed by atoms with E-state index in [1.807, 2.05) is 74.5 Å². The van der Waals surface area contributed by atoms with Crippen LogP contribution in [0.25, 0.3) is 10.9 Å². The summed E-state index contributed by atoms with van der Waals surface area (Å²) in [6.07, 6.45) is 1.78. The van der Waals surface area contributed by atoms with Gasteiger partial charge in [0.25, 0.3) is 0 Å². The molecule has 0 aliphatic carbocycles. The molecule has 0 aliphatic heterocycles. The Balaban J connectivity index is 1.64. The van der Waals surface area contributed by atoms with E-state index in [4.69, 9.17) is 0 Å². The first-order chi connectivity index (χ1) is 13.7. The highest BCUT2D eigenvalue weighted by atomic mass is 15.3. The Hall–Kier alpha value is -3.74. The van der Waals surface area contributed by atoms with E-state index in [1.54, 1.807) is 6.20 Å². The second-order valence-corrected chi connectivity index (χ2v) is 6.63. The first-order valence-electron chi connectivity index (χ1n) is 9.12. The van der Waals surface area contributed by atoms with Crippen LogP contribution >= 0.6 is 0 Å². The van der Waals surface area contributed by atoms with Crippen LogP contribution in [0.4, 0.5) is 29.2 Å². The molecule has 2 heterocycles. The van der Waals surface area contributed by atoms with Gasteiger partial charge in [-0.25, -0.2) is 0 Å². The van der Waals surface area contributed by atoms with Crippen LogP contribution in [0.2, 0.25) is 0 Å². The van der Waals surface area contributed by atoms with Crippen LogP contribution in [-0.2, 0) is 0 Å². The molecular formula is C21H21N7. The Morgan fingerprint density at radius 2 is 1.43 bits per heavy atom. The van der Waals surface area contributed by atoms with E-state index in [0.29, 0.717) is 17.8 Å². The quantitative estimate of drug-likeness (QED) is 0.452. The van der Waals surface area contributed by atoms with Crippen molar-refractivity contribution in [2.24, 2.45) is 0 Å². The van der Waals surface area contributed by atoms with Crippen LogP contribution in [0.1, 0.15) is 13.8 Å². The Bertz CT molecular complexity index is 1080. The number of nitrogens with one attached hydrogen (secondary N) is 3. The predicted octanol–water partition coefficient (Wildman–Crippen LogP) is 4.73. The van der Waals surface area contributed by atoms with E-state index in [2.05, 4.69) is 35.9 Å². The van der Waals surface area contributed by atoms with Crippen LogP contribution in [0.15, 0.2) is 66.9 Å². The van der Waals surface area contributed by atoms with Gasteiger partial charge in [-0.1, -0.05) is 24.3 Å². The molecule has 2 aromatic carbocycles. The van der Waals surface area contributed by atoms with Crippen molar-refractivity contribution in [3.05, 3.63) is 66.9 Å². The first kappa shape index (κ1) is 17.7. The molecular weight excluding hydrogens is 350 g/mol. The van der Waals surface area contributed by atoms with Crippen molar-refractivity contribution < 1.29 is 0 Å². The third-order valence-corrected chi connectivity index (χ3v) is 3.94. The molecule has 28 heavy (non-hydrogen) atoms. The van der Waals surface area contributed by atoms with Gasteiger partial charge in [0, 0.05) is 29.0 Å². The molecule has 4 aromatic rings. The normalized spacial score (nSPS) is 10.8. The zero-order valence-electron chi connectivity index (χ0n) is 15.7. The third kappa shape index (κ3) is 4.32. The van der Waals surface area contributed by atoms with E-state index in [1.165, 1.54) is 0 Å². The van der Waals surface area contributed by atoms with Crippen LogP contribution in [0.3, 0.4) is 0 Å². The molecule has 3 N–H and O–H groups in total. The number of para-hydroxylation sites is 1. The minimum absolute atomic E-state index is 0.201. The van der Waals surface area contributed by atoms with Crippen LogP contribution in [0.5, 0.6) is 0 Å². The lowest BCUT2D eigenvalue weighted by molar-refractivity contribution is 0.869. The van der Waals surface area contributed by atoms with Crippen LogP contribution in [0, 0.1) is 0 Å². The van der Waals surface area contributed by atoms with Gasteiger partial charge in [0.1, 0.15) is 0 Å². The van der Waals surface area contributed by atoms with Gasteiger partial charge >= 0.3 is 0 Å². The molecule has 0 spiro atoms. The maximum atomic E-state index is 4.51. The molecule has 2 aromatic heterocycles. The van der Waals surface area contributed by atoms with Gasteiger partial charge in [-0.3, -0.25) is 4.98 Å². The highest BCUT2D eigenvalue weighted by Gasteiger charge is 2.09. The summed E-state index contributed by atoms with van der Waals surface area (Å²) in [4.78, 5) is 17.8. The van der Waals surface area contributed by atoms with Crippen molar-refractivity contribution in [3.8, 4) is 0 Å². The van der Waals surface area contributed by atoms with Gasteiger partial charge < -0.3 is 16.0 Å². The van der Waals surface area contributed by atoms with Gasteiger partial charge in [-0.2, -0.15) is 15.0 Å². The summed E-state index contributed by atoms with van der Waals surface area (Å²) in [5.41, 5.74) is 2.73. The lowest BCUT2D eigenvalue weighted by Crippen LogP contribution is -2.15. The third-order valence-electron chi connectivity index (χ3n) is 3.94. The number of fused-ring (bicyclic) bond motifs is 1. The van der Waals surface area contributed by atoms with E-state index in [0.717, 1.165) is 22.3 Å². The highest BCUT2D eigenvalue weighted by Crippen LogP contribution is 2.21. The molecule has 0 atom stereocenters. The number of hydrogen-bond acceptors (Lipinski definition) is 7. The smallest absolute Gasteiger partial charge is 0.233 e. The van der Waals surface area contributed by atoms with Gasteiger partial charge in [0.05, 0.1) is 5.52 Å². The van der Waals surface area contributed by atoms with E-state index >= 15 is 0 Å². The number of hydrogen-bond donors (Lipinski definition) is 3. The Morgan fingerprint density at radius 3 is 2.18 bits per heavy atom. The molecule has 7 heteroatoms. The number of benzene rings is 2. The maximum Gasteiger partial charge on any atom is 0.233 e. The molecule has 0 saturated heterocycles. The summed E-state index contributed by atoms with van der Waals surface area (Å²) < 4.78 is 0. The Morgan fingerprint density at radius 1 is 0.714 bits per heavy atom. The number of pyridine rings is 1. The number of nitrogens with zero attached hydrogens (tertiary/aromatic N) is 4. The summed E-state index contributed by atoms with van der Waals surface area (Å²) in [5.74, 6) is 1.43. The molecule has 7 nitrogen and oxygen atoms in total. The monoisotopic (exact) mass is 371 g/mol. The fourth-order valence-corrected chi connectivity index (χ4v) is 2.74. The number of aromatic nitrogens is 4. The molecule has 0 amide bonds. The summed E-state index contributed by atoms with van der Waals surface area (Å²) >= 11 is 0. The largest absolute Gasteiger partial charge is 0.352 e. The minimum atomic E-state index is 0.201. The standard InChI is InChI=1S/C21H21N7/c1-14(2)23-19-26-20(24-16-8-4-3-5-9-16)28-21(27-19)25-17-10-11-18-15(13-17)7-6-12-22-18/h3-14H,1-2H3,(H3,23,24,25,26,27,28). The minimum Gasteiger partial charge on any atom is -0.352 e. The number of anilines is 5. The second-order valence-electron chi connectivity index (χ2n) is 6.63. The molecule has 4 rings (SSSR count).